The van der Waals surface area contributed by atoms with Crippen LogP contribution in [0.25, 0.3) is 0 Å². The van der Waals surface area contributed by atoms with Gasteiger partial charge in [0, 0.05) is 24.5 Å². The van der Waals surface area contributed by atoms with E-state index in [-0.39, 0.29) is 29.1 Å². The molecule has 0 radical (unpaired) electrons. The van der Waals surface area contributed by atoms with Crippen molar-refractivity contribution in [2.75, 3.05) is 6.61 Å². The fourth-order valence-corrected chi connectivity index (χ4v) is 10.9. The van der Waals surface area contributed by atoms with E-state index < -0.39 is 47.2 Å². The lowest BCUT2D eigenvalue weighted by Crippen LogP contribution is -2.72. The maximum atomic E-state index is 12.9. The molecule has 7 heteroatoms. The second-order valence-electron chi connectivity index (χ2n) is 16.0. The van der Waals surface area contributed by atoms with E-state index in [2.05, 4.69) is 48.5 Å². The van der Waals surface area contributed by atoms with Gasteiger partial charge in [-0.2, -0.15) is 0 Å². The van der Waals surface area contributed by atoms with Gasteiger partial charge in [0.1, 0.15) is 6.10 Å². The van der Waals surface area contributed by atoms with Crippen LogP contribution < -0.4 is 0 Å². The minimum atomic E-state index is -0.919. The number of hydrogen-bond donors (Lipinski definition) is 3. The van der Waals surface area contributed by atoms with Crippen LogP contribution in [0.1, 0.15) is 132 Å². The summed E-state index contributed by atoms with van der Waals surface area (Å²) >= 11 is 0. The fourth-order valence-electron chi connectivity index (χ4n) is 10.9. The van der Waals surface area contributed by atoms with Crippen molar-refractivity contribution in [1.82, 2.24) is 0 Å². The number of aliphatic hydroxyl groups excluding tert-OH is 2. The van der Waals surface area contributed by atoms with Crippen molar-refractivity contribution in [2.24, 2.45) is 45.8 Å². The van der Waals surface area contributed by atoms with Gasteiger partial charge in [-0.25, -0.2) is 4.79 Å². The zero-order valence-corrected chi connectivity index (χ0v) is 28.9. The quantitative estimate of drug-likeness (QED) is 0.119. The van der Waals surface area contributed by atoms with Crippen LogP contribution in [-0.4, -0.2) is 58.3 Å². The highest BCUT2D eigenvalue weighted by molar-refractivity contribution is 5.88. The van der Waals surface area contributed by atoms with E-state index >= 15 is 0 Å². The van der Waals surface area contributed by atoms with Gasteiger partial charge < -0.3 is 24.8 Å². The second-order valence-corrected chi connectivity index (χ2v) is 16.0. The number of fused-ring (bicyclic) bond motifs is 5. The van der Waals surface area contributed by atoms with Crippen LogP contribution in [0.4, 0.5) is 0 Å². The number of unbranched alkanes of at least 4 members (excludes halogenated alkanes) is 3. The van der Waals surface area contributed by atoms with E-state index in [0.717, 1.165) is 69.8 Å². The van der Waals surface area contributed by atoms with E-state index in [1.165, 1.54) is 6.92 Å². The third-order valence-corrected chi connectivity index (χ3v) is 13.2. The smallest absolute Gasteiger partial charge is 0.331 e. The Hall–Kier alpha value is -1.44. The summed E-state index contributed by atoms with van der Waals surface area (Å²) in [6, 6.07) is 0. The van der Waals surface area contributed by atoms with Crippen LogP contribution in [0, 0.1) is 45.8 Å². The van der Waals surface area contributed by atoms with E-state index in [0.29, 0.717) is 30.9 Å². The number of esters is 1. The van der Waals surface area contributed by atoms with Crippen molar-refractivity contribution in [1.29, 1.82) is 0 Å². The maximum absolute atomic E-state index is 12.9. The van der Waals surface area contributed by atoms with E-state index in [1.54, 1.807) is 0 Å². The molecule has 252 valence electrons. The van der Waals surface area contributed by atoms with Crippen molar-refractivity contribution in [3.05, 3.63) is 11.1 Å². The number of carboxylic acids is 1. The zero-order chi connectivity index (χ0) is 32.6. The summed E-state index contributed by atoms with van der Waals surface area (Å²) in [5.74, 6) is -0.755. The molecular formula is C37H62O7. The predicted molar refractivity (Wildman–Crippen MR) is 172 cm³/mol. The summed E-state index contributed by atoms with van der Waals surface area (Å²) in [6.07, 6.45) is 8.03. The van der Waals surface area contributed by atoms with Crippen molar-refractivity contribution in [3.63, 3.8) is 0 Å². The van der Waals surface area contributed by atoms with Crippen LogP contribution in [0.15, 0.2) is 11.1 Å². The van der Waals surface area contributed by atoms with Crippen molar-refractivity contribution in [3.8, 4) is 0 Å². The van der Waals surface area contributed by atoms with Gasteiger partial charge in [0.25, 0.3) is 0 Å². The van der Waals surface area contributed by atoms with Gasteiger partial charge in [0.2, 0.25) is 0 Å². The molecule has 44 heavy (non-hydrogen) atoms. The number of carbonyl (C=O) groups is 2. The number of carboxylic acid groups (broad SMARTS) is 1. The van der Waals surface area contributed by atoms with Gasteiger partial charge in [0.05, 0.1) is 18.3 Å². The zero-order valence-electron chi connectivity index (χ0n) is 28.9. The van der Waals surface area contributed by atoms with Gasteiger partial charge in [-0.3, -0.25) is 4.79 Å². The normalized spacial score (nSPS) is 42.8. The molecule has 4 aliphatic carbocycles. The van der Waals surface area contributed by atoms with E-state index in [9.17, 15) is 24.9 Å². The molecule has 11 atom stereocenters. The number of ether oxygens (including phenoxy) is 2. The number of hydrogen-bond acceptors (Lipinski definition) is 6. The van der Waals surface area contributed by atoms with Crippen molar-refractivity contribution < 1.29 is 34.4 Å². The molecule has 4 rings (SSSR count). The highest BCUT2D eigenvalue weighted by Crippen LogP contribution is 2.74. The summed E-state index contributed by atoms with van der Waals surface area (Å²) in [5.41, 5.74) is -0.0623. The van der Waals surface area contributed by atoms with E-state index in [1.807, 2.05) is 0 Å². The highest BCUT2D eigenvalue weighted by atomic mass is 16.5. The first-order valence-electron chi connectivity index (χ1n) is 17.8. The van der Waals surface area contributed by atoms with Gasteiger partial charge in [0.15, 0.2) is 0 Å². The predicted octanol–water partition coefficient (Wildman–Crippen LogP) is 7.32. The topological polar surface area (TPSA) is 113 Å². The van der Waals surface area contributed by atoms with Gasteiger partial charge in [-0.1, -0.05) is 74.1 Å². The summed E-state index contributed by atoms with van der Waals surface area (Å²) in [4.78, 5) is 25.3. The Morgan fingerprint density at radius 2 is 1.73 bits per heavy atom. The number of carbonyl (C=O) groups excluding carboxylic acids is 1. The highest BCUT2D eigenvalue weighted by Gasteiger charge is 2.73. The molecule has 4 saturated carbocycles. The SMILES string of the molecule is CCCCCCOC1C2C(C)C(O)CCC2(C)C2CCC3/C(=C(\CCCC(C)C)C(=O)O)C(OC(C)=O)CC3(C)C2(C)C1O. The molecule has 0 amide bonds. The molecular weight excluding hydrogens is 556 g/mol. The molecule has 0 spiro atoms. The average molecular weight is 619 g/mol. The first-order chi connectivity index (χ1) is 20.6. The summed E-state index contributed by atoms with van der Waals surface area (Å²) in [6.45, 7) is 17.4. The first kappa shape index (κ1) is 35.4. The molecule has 7 nitrogen and oxygen atoms in total. The van der Waals surface area contributed by atoms with Gasteiger partial charge in [-0.15, -0.1) is 0 Å². The standard InChI is InChI=1S/C37H62O7/c1-9-10-11-12-20-43-32-31-23(4)27(39)18-19-35(31,6)29-17-16-26-30(25(34(41)42)15-13-14-22(2)3)28(44-24(5)38)21-36(26,7)37(29,8)33(32)40/h22-23,26-29,31-33,39-40H,9-21H2,1-8H3,(H,41,42)/b30-25-. The Bertz CT molecular complexity index is 1070. The fraction of sp³-hybridized carbons (Fsp3) is 0.892. The number of aliphatic hydroxyl groups is 2. The molecule has 0 heterocycles. The average Bonchev–Trinajstić information content (AvgIpc) is 3.22. The molecule has 0 aromatic carbocycles. The molecule has 4 fully saturated rings. The van der Waals surface area contributed by atoms with Gasteiger partial charge in [-0.05, 0) is 97.4 Å². The lowest BCUT2D eigenvalue weighted by atomic mass is 9.35. The Kier molecular flexibility index (Phi) is 11.1. The minimum absolute atomic E-state index is 0.00604. The Labute approximate surface area is 266 Å². The van der Waals surface area contributed by atoms with Gasteiger partial charge >= 0.3 is 11.9 Å². The van der Waals surface area contributed by atoms with Crippen LogP contribution in [0.3, 0.4) is 0 Å². The molecule has 0 saturated heterocycles. The van der Waals surface area contributed by atoms with Crippen molar-refractivity contribution >= 4 is 11.9 Å². The van der Waals surface area contributed by atoms with Crippen LogP contribution in [0.2, 0.25) is 0 Å². The first-order valence-corrected chi connectivity index (χ1v) is 17.8. The molecule has 0 bridgehead atoms. The molecule has 3 N–H and O–H groups in total. The number of aliphatic carboxylic acids is 1. The molecule has 0 aliphatic heterocycles. The van der Waals surface area contributed by atoms with Crippen LogP contribution >= 0.6 is 0 Å². The van der Waals surface area contributed by atoms with Crippen LogP contribution in [0.5, 0.6) is 0 Å². The molecule has 11 unspecified atom stereocenters. The Morgan fingerprint density at radius 3 is 2.34 bits per heavy atom. The van der Waals surface area contributed by atoms with Crippen LogP contribution in [-0.2, 0) is 19.1 Å². The molecule has 0 aromatic heterocycles. The van der Waals surface area contributed by atoms with E-state index in [4.69, 9.17) is 9.47 Å². The molecule has 0 aromatic rings. The summed E-state index contributed by atoms with van der Waals surface area (Å²) in [5, 5.41) is 34.2. The monoisotopic (exact) mass is 618 g/mol. The summed E-state index contributed by atoms with van der Waals surface area (Å²) < 4.78 is 12.7. The second kappa shape index (κ2) is 13.7. The third kappa shape index (κ3) is 6.03. The number of rotatable bonds is 12. The summed E-state index contributed by atoms with van der Waals surface area (Å²) in [7, 11) is 0. The Morgan fingerprint density at radius 1 is 1.02 bits per heavy atom. The molecule has 4 aliphatic rings. The third-order valence-electron chi connectivity index (χ3n) is 13.2. The Balaban J connectivity index is 1.81. The lowest BCUT2D eigenvalue weighted by Gasteiger charge is -2.70. The lowest BCUT2D eigenvalue weighted by molar-refractivity contribution is -0.293. The van der Waals surface area contributed by atoms with Crippen molar-refractivity contribution in [2.45, 2.75) is 157 Å². The minimum Gasteiger partial charge on any atom is -0.478 e. The maximum Gasteiger partial charge on any atom is 0.331 e. The largest absolute Gasteiger partial charge is 0.478 e.